The third-order valence-corrected chi connectivity index (χ3v) is 3.26. The number of rotatable bonds is 2. The van der Waals surface area contributed by atoms with E-state index in [0.29, 0.717) is 22.7 Å². The first-order valence-corrected chi connectivity index (χ1v) is 6.32. The number of halogens is 1. The largest absolute Gasteiger partial charge is 0.273 e. The Kier molecular flexibility index (Phi) is 2.87. The van der Waals surface area contributed by atoms with Gasteiger partial charge in [-0.1, -0.05) is 41.9 Å². The van der Waals surface area contributed by atoms with Crippen LogP contribution in [0.3, 0.4) is 0 Å². The second-order valence-electron chi connectivity index (χ2n) is 4.47. The number of H-pyrrole nitrogens is 1. The van der Waals surface area contributed by atoms with E-state index in [1.165, 1.54) is 0 Å². The highest BCUT2D eigenvalue weighted by Crippen LogP contribution is 2.17. The van der Waals surface area contributed by atoms with Crippen LogP contribution < -0.4 is 5.56 Å². The topological polar surface area (TPSA) is 50.7 Å². The van der Waals surface area contributed by atoms with Crippen LogP contribution in [0, 0.1) is 6.92 Å². The molecule has 5 heteroatoms. The van der Waals surface area contributed by atoms with Crippen LogP contribution in [0.25, 0.3) is 11.0 Å². The molecule has 96 valence electrons. The molecule has 0 saturated heterocycles. The van der Waals surface area contributed by atoms with E-state index in [0.717, 1.165) is 11.1 Å². The minimum atomic E-state index is -0.132. The molecule has 1 N–H and O–H groups in total. The van der Waals surface area contributed by atoms with E-state index < -0.39 is 0 Å². The summed E-state index contributed by atoms with van der Waals surface area (Å²) in [5.74, 6) is 0. The fraction of sp³-hybridized carbons (Fsp3) is 0.143. The molecule has 0 aliphatic carbocycles. The summed E-state index contributed by atoms with van der Waals surface area (Å²) in [6, 6.07) is 11.6. The summed E-state index contributed by atoms with van der Waals surface area (Å²) in [7, 11) is 0. The van der Waals surface area contributed by atoms with Crippen molar-refractivity contribution >= 4 is 22.6 Å². The minimum absolute atomic E-state index is 0.132. The fourth-order valence-electron chi connectivity index (χ4n) is 2.20. The maximum atomic E-state index is 12.0. The molecule has 0 radical (unpaired) electrons. The van der Waals surface area contributed by atoms with Gasteiger partial charge in [0.2, 0.25) is 0 Å². The Morgan fingerprint density at radius 3 is 2.79 bits per heavy atom. The van der Waals surface area contributed by atoms with Gasteiger partial charge >= 0.3 is 0 Å². The lowest BCUT2D eigenvalue weighted by Gasteiger charge is -2.04. The molecule has 3 rings (SSSR count). The van der Waals surface area contributed by atoms with E-state index in [1.54, 1.807) is 10.7 Å². The SMILES string of the molecule is Cc1cc(Cl)nc2c1c(=O)[nH]n2Cc1ccccc1. The molecule has 0 spiro atoms. The summed E-state index contributed by atoms with van der Waals surface area (Å²) >= 11 is 5.97. The summed E-state index contributed by atoms with van der Waals surface area (Å²) in [6.45, 7) is 2.42. The molecule has 19 heavy (non-hydrogen) atoms. The van der Waals surface area contributed by atoms with Crippen LogP contribution in [0.15, 0.2) is 41.2 Å². The predicted octanol–water partition coefficient (Wildman–Crippen LogP) is 2.73. The van der Waals surface area contributed by atoms with E-state index in [1.807, 2.05) is 37.3 Å². The van der Waals surface area contributed by atoms with E-state index in [-0.39, 0.29) is 5.56 Å². The van der Waals surface area contributed by atoms with Gasteiger partial charge in [0, 0.05) is 0 Å². The number of nitrogens with zero attached hydrogens (tertiary/aromatic N) is 2. The molecule has 0 saturated carbocycles. The van der Waals surface area contributed by atoms with Crippen LogP contribution in [0.5, 0.6) is 0 Å². The zero-order valence-corrected chi connectivity index (χ0v) is 11.1. The van der Waals surface area contributed by atoms with Crippen molar-refractivity contribution in [3.63, 3.8) is 0 Å². The quantitative estimate of drug-likeness (QED) is 0.730. The molecule has 0 aliphatic rings. The molecular formula is C14H12ClN3O. The van der Waals surface area contributed by atoms with E-state index in [2.05, 4.69) is 10.1 Å². The number of nitrogens with one attached hydrogen (secondary N) is 1. The normalized spacial score (nSPS) is 11.1. The monoisotopic (exact) mass is 273 g/mol. The Morgan fingerprint density at radius 2 is 2.05 bits per heavy atom. The van der Waals surface area contributed by atoms with Gasteiger partial charge in [0.15, 0.2) is 5.65 Å². The molecule has 0 aliphatic heterocycles. The lowest BCUT2D eigenvalue weighted by Crippen LogP contribution is -2.07. The summed E-state index contributed by atoms with van der Waals surface area (Å²) in [5, 5.41) is 3.80. The first kappa shape index (κ1) is 12.0. The van der Waals surface area contributed by atoms with Crippen molar-refractivity contribution in [2.24, 2.45) is 0 Å². The van der Waals surface area contributed by atoms with Crippen LogP contribution in [-0.4, -0.2) is 14.8 Å². The van der Waals surface area contributed by atoms with E-state index in [9.17, 15) is 4.79 Å². The molecule has 4 nitrogen and oxygen atoms in total. The number of aryl methyl sites for hydroxylation is 1. The van der Waals surface area contributed by atoms with Crippen LogP contribution in [0.2, 0.25) is 5.15 Å². The van der Waals surface area contributed by atoms with Gasteiger partial charge in [0.1, 0.15) is 5.15 Å². The molecule has 0 unspecified atom stereocenters. The highest BCUT2D eigenvalue weighted by molar-refractivity contribution is 6.29. The maximum absolute atomic E-state index is 12.0. The summed E-state index contributed by atoms with van der Waals surface area (Å²) in [5.41, 5.74) is 2.39. The van der Waals surface area contributed by atoms with Gasteiger partial charge in [-0.25, -0.2) is 4.98 Å². The number of aromatic amines is 1. The van der Waals surface area contributed by atoms with Gasteiger partial charge < -0.3 is 0 Å². The van der Waals surface area contributed by atoms with Crippen molar-refractivity contribution in [2.45, 2.75) is 13.5 Å². The Hall–Kier alpha value is -2.07. The third kappa shape index (κ3) is 2.15. The Bertz CT molecular complexity index is 790. The molecule has 0 atom stereocenters. The van der Waals surface area contributed by atoms with Gasteiger partial charge in [0.05, 0.1) is 11.9 Å². The van der Waals surface area contributed by atoms with Crippen molar-refractivity contribution in [3.05, 3.63) is 63.0 Å². The smallest absolute Gasteiger partial charge is 0.267 e. The molecule has 0 amide bonds. The maximum Gasteiger partial charge on any atom is 0.273 e. The fourth-order valence-corrected chi connectivity index (χ4v) is 2.45. The number of hydrogen-bond acceptors (Lipinski definition) is 2. The van der Waals surface area contributed by atoms with Crippen molar-refractivity contribution in [1.82, 2.24) is 14.8 Å². The number of aromatic nitrogens is 3. The Morgan fingerprint density at radius 1 is 1.32 bits per heavy atom. The van der Waals surface area contributed by atoms with Crippen LogP contribution in [0.4, 0.5) is 0 Å². The zero-order chi connectivity index (χ0) is 13.4. The van der Waals surface area contributed by atoms with Gasteiger partial charge in [-0.05, 0) is 24.1 Å². The number of hydrogen-bond donors (Lipinski definition) is 1. The highest BCUT2D eigenvalue weighted by atomic mass is 35.5. The summed E-state index contributed by atoms with van der Waals surface area (Å²) < 4.78 is 1.73. The average molecular weight is 274 g/mol. The number of pyridine rings is 1. The van der Waals surface area contributed by atoms with Crippen LogP contribution in [-0.2, 0) is 6.54 Å². The molecule has 2 heterocycles. The molecule has 0 bridgehead atoms. The van der Waals surface area contributed by atoms with Gasteiger partial charge in [-0.3, -0.25) is 14.6 Å². The number of fused-ring (bicyclic) bond motifs is 1. The predicted molar refractivity (Wildman–Crippen MR) is 75.6 cm³/mol. The molecule has 1 aromatic carbocycles. The molecule has 2 aromatic heterocycles. The average Bonchev–Trinajstić information content (AvgIpc) is 2.67. The van der Waals surface area contributed by atoms with Gasteiger partial charge in [-0.2, -0.15) is 0 Å². The Balaban J connectivity index is 2.17. The lowest BCUT2D eigenvalue weighted by atomic mass is 10.2. The molecule has 0 fully saturated rings. The first-order valence-electron chi connectivity index (χ1n) is 5.95. The molecule has 3 aromatic rings. The number of benzene rings is 1. The van der Waals surface area contributed by atoms with Crippen molar-refractivity contribution < 1.29 is 0 Å². The summed E-state index contributed by atoms with van der Waals surface area (Å²) in [6.07, 6.45) is 0. The van der Waals surface area contributed by atoms with Crippen LogP contribution in [0.1, 0.15) is 11.1 Å². The van der Waals surface area contributed by atoms with Gasteiger partial charge in [0.25, 0.3) is 5.56 Å². The lowest BCUT2D eigenvalue weighted by molar-refractivity contribution is 0.695. The van der Waals surface area contributed by atoms with Crippen molar-refractivity contribution in [3.8, 4) is 0 Å². The molecular weight excluding hydrogens is 262 g/mol. The first-order chi connectivity index (χ1) is 9.15. The van der Waals surface area contributed by atoms with Crippen molar-refractivity contribution in [2.75, 3.05) is 0 Å². The Labute approximate surface area is 114 Å². The standard InChI is InChI=1S/C14H12ClN3O/c1-9-7-11(15)16-13-12(9)14(19)17-18(13)8-10-5-3-2-4-6-10/h2-7H,8H2,1H3,(H,17,19). The summed E-state index contributed by atoms with van der Waals surface area (Å²) in [4.78, 5) is 16.2. The van der Waals surface area contributed by atoms with Gasteiger partial charge in [-0.15, -0.1) is 0 Å². The minimum Gasteiger partial charge on any atom is -0.267 e. The highest BCUT2D eigenvalue weighted by Gasteiger charge is 2.11. The van der Waals surface area contributed by atoms with Crippen molar-refractivity contribution in [1.29, 1.82) is 0 Å². The van der Waals surface area contributed by atoms with E-state index >= 15 is 0 Å². The zero-order valence-electron chi connectivity index (χ0n) is 10.4. The van der Waals surface area contributed by atoms with Crippen LogP contribution >= 0.6 is 11.6 Å². The second kappa shape index (κ2) is 4.55. The van der Waals surface area contributed by atoms with E-state index in [4.69, 9.17) is 11.6 Å². The third-order valence-electron chi connectivity index (χ3n) is 3.07. The second-order valence-corrected chi connectivity index (χ2v) is 4.86.